The van der Waals surface area contributed by atoms with Crippen molar-refractivity contribution in [3.8, 4) is 0 Å². The zero-order chi connectivity index (χ0) is 16.2. The van der Waals surface area contributed by atoms with Gasteiger partial charge in [-0.05, 0) is 51.1 Å². The Hall–Kier alpha value is -1.53. The molecule has 5 nitrogen and oxygen atoms in total. The Kier molecular flexibility index (Phi) is 3.43. The first-order valence-corrected chi connectivity index (χ1v) is 9.29. The number of hydrogen-bond acceptors (Lipinski definition) is 4. The van der Waals surface area contributed by atoms with E-state index in [4.69, 9.17) is 0 Å². The topological polar surface area (TPSA) is 69.8 Å². The van der Waals surface area contributed by atoms with Gasteiger partial charge in [-0.15, -0.1) is 11.8 Å². The normalized spacial score (nSPS) is 26.3. The van der Waals surface area contributed by atoms with Crippen molar-refractivity contribution in [2.45, 2.75) is 24.3 Å². The number of nitrogens with one attached hydrogen (secondary N) is 3. The Balaban J connectivity index is 1.60. The maximum Gasteiger partial charge on any atom is 0.224 e. The monoisotopic (exact) mass is 330 g/mol. The van der Waals surface area contributed by atoms with Gasteiger partial charge in [-0.25, -0.2) is 0 Å². The van der Waals surface area contributed by atoms with E-state index < -0.39 is 5.54 Å². The second-order valence-corrected chi connectivity index (χ2v) is 7.93. The molecule has 122 valence electrons. The number of carbonyl (C=O) groups is 1. The molecule has 2 aliphatic rings. The fraction of sp³-hybridized carbons (Fsp3) is 0.529. The summed E-state index contributed by atoms with van der Waals surface area (Å²) in [5.74, 6) is 1.43. The number of thioether (sulfide) groups is 1. The van der Waals surface area contributed by atoms with E-state index in [9.17, 15) is 4.79 Å². The fourth-order valence-electron chi connectivity index (χ4n) is 3.91. The van der Waals surface area contributed by atoms with E-state index in [0.29, 0.717) is 11.8 Å². The molecule has 1 amide bonds. The van der Waals surface area contributed by atoms with Gasteiger partial charge in [-0.1, -0.05) is 12.1 Å². The molecule has 3 atom stereocenters. The highest BCUT2D eigenvalue weighted by atomic mass is 32.2. The summed E-state index contributed by atoms with van der Waals surface area (Å²) in [4.78, 5) is 13.8. The van der Waals surface area contributed by atoms with E-state index in [1.807, 2.05) is 19.9 Å². The quantitative estimate of drug-likeness (QED) is 0.751. The standard InChI is InChI=1S/C17H22N4OS/c1-17(2,19-16(22)13-10-7-18-8-11(10)13)15-9-5-4-6-12(23-3)14(9)20-21-15/h4-6,10-11,13,18H,7-8H2,1-3H3,(H,19,22)(H,20,21)/t10-,11+,13?. The van der Waals surface area contributed by atoms with Crippen LogP contribution in [0.5, 0.6) is 0 Å². The number of para-hydroxylation sites is 1. The summed E-state index contributed by atoms with van der Waals surface area (Å²) in [6.07, 6.45) is 2.05. The molecule has 1 saturated heterocycles. The molecule has 3 N–H and O–H groups in total. The van der Waals surface area contributed by atoms with Crippen molar-refractivity contribution in [3.05, 3.63) is 23.9 Å². The molecular formula is C17H22N4OS. The zero-order valence-electron chi connectivity index (χ0n) is 13.6. The fourth-order valence-corrected chi connectivity index (χ4v) is 4.48. The third-order valence-corrected chi connectivity index (χ3v) is 5.99. The van der Waals surface area contributed by atoms with Gasteiger partial charge >= 0.3 is 0 Å². The van der Waals surface area contributed by atoms with Crippen molar-refractivity contribution in [2.75, 3.05) is 19.3 Å². The molecular weight excluding hydrogens is 308 g/mol. The molecule has 0 radical (unpaired) electrons. The van der Waals surface area contributed by atoms with Crippen LogP contribution < -0.4 is 10.6 Å². The van der Waals surface area contributed by atoms with Gasteiger partial charge in [0.05, 0.1) is 11.2 Å². The first-order chi connectivity index (χ1) is 11.0. The van der Waals surface area contributed by atoms with Gasteiger partial charge in [0.25, 0.3) is 0 Å². The zero-order valence-corrected chi connectivity index (χ0v) is 14.5. The van der Waals surface area contributed by atoms with Crippen LogP contribution in [0.25, 0.3) is 10.9 Å². The van der Waals surface area contributed by atoms with Crippen molar-refractivity contribution in [1.29, 1.82) is 0 Å². The van der Waals surface area contributed by atoms with Crippen LogP contribution in [0.1, 0.15) is 19.5 Å². The molecule has 1 aliphatic carbocycles. The van der Waals surface area contributed by atoms with Crippen molar-refractivity contribution in [2.24, 2.45) is 17.8 Å². The van der Waals surface area contributed by atoms with Crippen LogP contribution in [0.3, 0.4) is 0 Å². The summed E-state index contributed by atoms with van der Waals surface area (Å²) in [7, 11) is 0. The van der Waals surface area contributed by atoms with Crippen LogP contribution in [0.4, 0.5) is 0 Å². The van der Waals surface area contributed by atoms with E-state index >= 15 is 0 Å². The van der Waals surface area contributed by atoms with Crippen molar-refractivity contribution in [1.82, 2.24) is 20.8 Å². The molecule has 2 heterocycles. The summed E-state index contributed by atoms with van der Waals surface area (Å²) in [5.41, 5.74) is 1.48. The van der Waals surface area contributed by atoms with Gasteiger partial charge in [0.15, 0.2) is 0 Å². The van der Waals surface area contributed by atoms with Crippen LogP contribution in [0.15, 0.2) is 23.1 Å². The number of piperidine rings is 1. The number of hydrogen-bond donors (Lipinski definition) is 3. The van der Waals surface area contributed by atoms with Crippen LogP contribution in [-0.4, -0.2) is 35.4 Å². The number of nitrogens with zero attached hydrogens (tertiary/aromatic N) is 1. The van der Waals surface area contributed by atoms with Crippen molar-refractivity contribution >= 4 is 28.6 Å². The predicted molar refractivity (Wildman–Crippen MR) is 92.4 cm³/mol. The van der Waals surface area contributed by atoms with Crippen molar-refractivity contribution in [3.63, 3.8) is 0 Å². The molecule has 1 saturated carbocycles. The molecule has 23 heavy (non-hydrogen) atoms. The predicted octanol–water partition coefficient (Wildman–Crippen LogP) is 2.10. The molecule has 4 rings (SSSR count). The van der Waals surface area contributed by atoms with Gasteiger partial charge in [0.1, 0.15) is 5.52 Å². The van der Waals surface area contributed by atoms with Gasteiger partial charge < -0.3 is 10.6 Å². The number of H-pyrrole nitrogens is 1. The Morgan fingerprint density at radius 2 is 2.09 bits per heavy atom. The van der Waals surface area contributed by atoms with Crippen LogP contribution in [0, 0.1) is 17.8 Å². The summed E-state index contributed by atoms with van der Waals surface area (Å²) in [6.45, 7) is 6.04. The Labute approximate surface area is 140 Å². The number of rotatable bonds is 4. The smallest absolute Gasteiger partial charge is 0.224 e. The maximum absolute atomic E-state index is 12.6. The highest BCUT2D eigenvalue weighted by Gasteiger charge is 2.57. The first-order valence-electron chi connectivity index (χ1n) is 8.07. The summed E-state index contributed by atoms with van der Waals surface area (Å²) in [6, 6.07) is 6.18. The van der Waals surface area contributed by atoms with Gasteiger partial charge in [0.2, 0.25) is 5.91 Å². The van der Waals surface area contributed by atoms with E-state index in [1.165, 1.54) is 0 Å². The summed E-state index contributed by atoms with van der Waals surface area (Å²) < 4.78 is 0. The molecule has 1 aliphatic heterocycles. The Morgan fingerprint density at radius 1 is 1.35 bits per heavy atom. The van der Waals surface area contributed by atoms with Gasteiger partial charge in [0, 0.05) is 16.2 Å². The van der Waals surface area contributed by atoms with Crippen LogP contribution in [-0.2, 0) is 10.3 Å². The lowest BCUT2D eigenvalue weighted by Gasteiger charge is -2.26. The average molecular weight is 330 g/mol. The minimum atomic E-state index is -0.465. The Morgan fingerprint density at radius 3 is 2.78 bits per heavy atom. The maximum atomic E-state index is 12.6. The highest BCUT2D eigenvalue weighted by Crippen LogP contribution is 2.49. The molecule has 1 aromatic heterocycles. The molecule has 1 aromatic carbocycles. The van der Waals surface area contributed by atoms with Crippen LogP contribution >= 0.6 is 11.8 Å². The third kappa shape index (κ3) is 2.35. The average Bonchev–Trinajstić information content (AvgIpc) is 2.91. The lowest BCUT2D eigenvalue weighted by molar-refractivity contribution is -0.124. The van der Waals surface area contributed by atoms with E-state index in [2.05, 4.69) is 39.2 Å². The highest BCUT2D eigenvalue weighted by molar-refractivity contribution is 7.98. The number of aromatic amines is 1. The van der Waals surface area contributed by atoms with Crippen molar-refractivity contribution < 1.29 is 4.79 Å². The third-order valence-electron chi connectivity index (χ3n) is 5.22. The van der Waals surface area contributed by atoms with E-state index in [-0.39, 0.29) is 11.8 Å². The minimum absolute atomic E-state index is 0.176. The lowest BCUT2D eigenvalue weighted by atomic mass is 9.96. The molecule has 0 bridgehead atoms. The first kappa shape index (κ1) is 15.0. The summed E-state index contributed by atoms with van der Waals surface area (Å²) in [5, 5.41) is 15.3. The number of amides is 1. The molecule has 2 fully saturated rings. The molecule has 2 aromatic rings. The largest absolute Gasteiger partial charge is 0.345 e. The second kappa shape index (κ2) is 5.24. The van der Waals surface area contributed by atoms with Crippen LogP contribution in [0.2, 0.25) is 0 Å². The lowest BCUT2D eigenvalue weighted by Crippen LogP contribution is -2.43. The van der Waals surface area contributed by atoms with E-state index in [1.54, 1.807) is 11.8 Å². The number of benzene rings is 1. The molecule has 1 unspecified atom stereocenters. The van der Waals surface area contributed by atoms with Gasteiger partial charge in [-0.3, -0.25) is 9.89 Å². The molecule has 0 spiro atoms. The summed E-state index contributed by atoms with van der Waals surface area (Å²) >= 11 is 1.69. The number of aromatic nitrogens is 2. The Bertz CT molecular complexity index is 759. The van der Waals surface area contributed by atoms with E-state index in [0.717, 1.165) is 34.6 Å². The number of fused-ring (bicyclic) bond motifs is 2. The SMILES string of the molecule is CSc1cccc2c(C(C)(C)NC(=O)C3[C@H]4CNC[C@@H]34)[nH]nc12. The van der Waals surface area contributed by atoms with Gasteiger partial charge in [-0.2, -0.15) is 5.10 Å². The molecule has 6 heteroatoms. The number of carbonyl (C=O) groups excluding carboxylic acids is 1. The minimum Gasteiger partial charge on any atom is -0.345 e. The second-order valence-electron chi connectivity index (χ2n) is 7.08.